The van der Waals surface area contributed by atoms with Gasteiger partial charge in [-0.3, -0.25) is 4.79 Å². The molecule has 3 heterocycles. The van der Waals surface area contributed by atoms with Gasteiger partial charge in [0.1, 0.15) is 19.1 Å². The number of carbonyl (C=O) groups excluding carboxylic acids is 1. The first kappa shape index (κ1) is 11.0. The van der Waals surface area contributed by atoms with Gasteiger partial charge in [0.25, 0.3) is 0 Å². The van der Waals surface area contributed by atoms with Crippen LogP contribution in [0.4, 0.5) is 0 Å². The van der Waals surface area contributed by atoms with Gasteiger partial charge in [-0.1, -0.05) is 30.3 Å². The van der Waals surface area contributed by atoms with Crippen molar-refractivity contribution in [1.29, 1.82) is 0 Å². The highest BCUT2D eigenvalue weighted by Crippen LogP contribution is 2.31. The third-order valence-electron chi connectivity index (χ3n) is 4.29. The van der Waals surface area contributed by atoms with Crippen LogP contribution < -0.4 is 4.90 Å². The maximum atomic E-state index is 12.2. The Hall–Kier alpha value is -1.15. The standard InChI is InChI=1S/C15H19NO/c17-15(13-4-2-1-3-5-13)11-14-10-12-6-8-16(14)9-7-12/h1-5,12,14H,6-11H2/q+1. The smallest absolute Gasteiger partial charge is 0.168 e. The molecule has 2 bridgehead atoms. The Morgan fingerprint density at radius 2 is 1.88 bits per heavy atom. The number of piperidine rings is 3. The van der Waals surface area contributed by atoms with Crippen LogP contribution in [0.5, 0.6) is 0 Å². The van der Waals surface area contributed by atoms with Crippen molar-refractivity contribution in [3.63, 3.8) is 0 Å². The first-order chi connectivity index (χ1) is 8.33. The minimum Gasteiger partial charge on any atom is -0.294 e. The first-order valence-corrected chi connectivity index (χ1v) is 6.65. The van der Waals surface area contributed by atoms with Crippen molar-refractivity contribution >= 4 is 5.78 Å². The minimum atomic E-state index is 0.308. The molecule has 17 heavy (non-hydrogen) atoms. The quantitative estimate of drug-likeness (QED) is 0.577. The summed E-state index contributed by atoms with van der Waals surface area (Å²) in [5.74, 6) is 1.19. The zero-order chi connectivity index (χ0) is 11.7. The van der Waals surface area contributed by atoms with Gasteiger partial charge >= 0.3 is 0 Å². The van der Waals surface area contributed by atoms with Crippen LogP contribution >= 0.6 is 0 Å². The van der Waals surface area contributed by atoms with E-state index in [0.29, 0.717) is 18.2 Å². The Bertz CT molecular complexity index is 393. The van der Waals surface area contributed by atoms with E-state index in [-0.39, 0.29) is 0 Å². The van der Waals surface area contributed by atoms with Crippen LogP contribution in [0.3, 0.4) is 0 Å². The van der Waals surface area contributed by atoms with E-state index in [1.54, 1.807) is 0 Å². The van der Waals surface area contributed by atoms with E-state index < -0.39 is 0 Å². The Labute approximate surface area is 103 Å². The fourth-order valence-electron chi connectivity index (χ4n) is 3.26. The first-order valence-electron chi connectivity index (χ1n) is 6.65. The molecule has 1 aromatic rings. The van der Waals surface area contributed by atoms with E-state index in [1.807, 2.05) is 30.3 Å². The summed E-state index contributed by atoms with van der Waals surface area (Å²) < 4.78 is 0. The van der Waals surface area contributed by atoms with Crippen molar-refractivity contribution in [3.05, 3.63) is 35.9 Å². The molecule has 1 aromatic carbocycles. The average Bonchev–Trinajstić information content (AvgIpc) is 2.41. The lowest BCUT2D eigenvalue weighted by atomic mass is 9.81. The van der Waals surface area contributed by atoms with E-state index in [2.05, 4.69) is 4.90 Å². The summed E-state index contributed by atoms with van der Waals surface area (Å²) in [5, 5.41) is 0. The van der Waals surface area contributed by atoms with Gasteiger partial charge < -0.3 is 0 Å². The molecule has 3 fully saturated rings. The summed E-state index contributed by atoms with van der Waals surface area (Å²) >= 11 is 0. The van der Waals surface area contributed by atoms with Gasteiger partial charge in [0, 0.05) is 24.8 Å². The number of carbonyl (C=O) groups is 1. The molecule has 2 heteroatoms. The third-order valence-corrected chi connectivity index (χ3v) is 4.29. The Balaban J connectivity index is 1.66. The number of hydrogen-bond acceptors (Lipinski definition) is 2. The summed E-state index contributed by atoms with van der Waals surface area (Å²) in [6.45, 7) is 2.41. The van der Waals surface area contributed by atoms with Crippen LogP contribution in [0.25, 0.3) is 0 Å². The highest BCUT2D eigenvalue weighted by molar-refractivity contribution is 5.96. The summed E-state index contributed by atoms with van der Waals surface area (Å²) in [4.78, 5) is 14.7. The van der Waals surface area contributed by atoms with Gasteiger partial charge in [0.15, 0.2) is 5.78 Å². The largest absolute Gasteiger partial charge is 0.294 e. The number of ketones is 1. The monoisotopic (exact) mass is 229 g/mol. The van der Waals surface area contributed by atoms with E-state index in [1.165, 1.54) is 32.4 Å². The molecule has 1 atom stereocenters. The number of benzene rings is 1. The van der Waals surface area contributed by atoms with Gasteiger partial charge in [-0.25, -0.2) is 0 Å². The van der Waals surface area contributed by atoms with Gasteiger partial charge in [0.05, 0.1) is 6.42 Å². The Kier molecular flexibility index (Phi) is 2.98. The van der Waals surface area contributed by atoms with Crippen LogP contribution in [0, 0.1) is 5.92 Å². The van der Waals surface area contributed by atoms with Crippen molar-refractivity contribution in [2.45, 2.75) is 31.7 Å². The van der Waals surface area contributed by atoms with Gasteiger partial charge in [-0.05, 0) is 5.92 Å². The van der Waals surface area contributed by atoms with Crippen LogP contribution in [0.1, 0.15) is 36.0 Å². The summed E-state index contributed by atoms with van der Waals surface area (Å²) in [6, 6.07) is 10.2. The molecule has 0 aromatic heterocycles. The Morgan fingerprint density at radius 1 is 1.18 bits per heavy atom. The maximum absolute atomic E-state index is 12.2. The molecule has 2 nitrogen and oxygen atoms in total. The maximum Gasteiger partial charge on any atom is 0.168 e. The van der Waals surface area contributed by atoms with Gasteiger partial charge in [-0.2, -0.15) is 4.90 Å². The number of rotatable bonds is 3. The number of Topliss-reactive ketones (excluding diaryl/α,β-unsaturated/α-hetero) is 1. The lowest BCUT2D eigenvalue weighted by Gasteiger charge is -2.37. The molecular weight excluding hydrogens is 210 g/mol. The van der Waals surface area contributed by atoms with Crippen molar-refractivity contribution < 1.29 is 4.79 Å². The number of hydrogen-bond donors (Lipinski definition) is 0. The molecule has 4 rings (SSSR count). The van der Waals surface area contributed by atoms with Crippen LogP contribution in [-0.4, -0.2) is 24.9 Å². The van der Waals surface area contributed by atoms with Crippen molar-refractivity contribution in [2.24, 2.45) is 5.92 Å². The lowest BCUT2D eigenvalue weighted by molar-refractivity contribution is 0.0852. The van der Waals surface area contributed by atoms with E-state index in [9.17, 15) is 4.79 Å². The second kappa shape index (κ2) is 4.61. The second-order valence-corrected chi connectivity index (χ2v) is 5.36. The highest BCUT2D eigenvalue weighted by atomic mass is 16.1. The molecule has 0 amide bonds. The van der Waals surface area contributed by atoms with Crippen molar-refractivity contribution in [3.8, 4) is 0 Å². The predicted octanol–water partition coefficient (Wildman–Crippen LogP) is 2.58. The molecule has 1 unspecified atom stereocenters. The molecule has 0 aliphatic carbocycles. The number of fused-ring (bicyclic) bond motifs is 3. The molecule has 0 saturated carbocycles. The van der Waals surface area contributed by atoms with Gasteiger partial charge in [0.2, 0.25) is 0 Å². The lowest BCUT2D eigenvalue weighted by Crippen LogP contribution is -2.53. The predicted molar refractivity (Wildman–Crippen MR) is 68.4 cm³/mol. The molecule has 3 aliphatic rings. The average molecular weight is 229 g/mol. The topological polar surface area (TPSA) is 23.0 Å². The minimum absolute atomic E-state index is 0.308. The normalized spacial score (nSPS) is 31.4. The molecular formula is C15H19NO+. The fourth-order valence-corrected chi connectivity index (χ4v) is 3.26. The molecule has 89 valence electrons. The number of nitrogens with zero attached hydrogens (tertiary/aromatic N) is 1. The second-order valence-electron chi connectivity index (χ2n) is 5.36. The molecule has 0 spiro atoms. The zero-order valence-corrected chi connectivity index (χ0v) is 10.1. The van der Waals surface area contributed by atoms with Gasteiger partial charge in [-0.15, -0.1) is 0 Å². The summed E-state index contributed by atoms with van der Waals surface area (Å²) in [7, 11) is 0. The molecule has 3 aliphatic heterocycles. The molecule has 1 radical (unpaired) electrons. The van der Waals surface area contributed by atoms with E-state index in [0.717, 1.165) is 11.5 Å². The third kappa shape index (κ3) is 2.27. The van der Waals surface area contributed by atoms with E-state index >= 15 is 0 Å². The fraction of sp³-hybridized carbons (Fsp3) is 0.533. The SMILES string of the molecule is O=C(CC1CC2CC[N+]1CC2)c1ccccc1. The van der Waals surface area contributed by atoms with E-state index in [4.69, 9.17) is 0 Å². The van der Waals surface area contributed by atoms with Crippen LogP contribution in [0.2, 0.25) is 0 Å². The van der Waals surface area contributed by atoms with Crippen LogP contribution in [-0.2, 0) is 0 Å². The van der Waals surface area contributed by atoms with Crippen LogP contribution in [0.15, 0.2) is 30.3 Å². The van der Waals surface area contributed by atoms with Crippen molar-refractivity contribution in [2.75, 3.05) is 13.1 Å². The van der Waals surface area contributed by atoms with Crippen molar-refractivity contribution in [1.82, 2.24) is 4.90 Å². The highest BCUT2D eigenvalue weighted by Gasteiger charge is 2.42. The zero-order valence-electron chi connectivity index (χ0n) is 10.1. The molecule has 0 N–H and O–H groups in total. The summed E-state index contributed by atoms with van der Waals surface area (Å²) in [5.41, 5.74) is 0.871. The summed E-state index contributed by atoms with van der Waals surface area (Å²) in [6.07, 6.45) is 4.63. The Morgan fingerprint density at radius 3 is 2.47 bits per heavy atom. The molecule has 3 saturated heterocycles.